The second-order valence-corrected chi connectivity index (χ2v) is 5.82. The molecule has 0 amide bonds. The second-order valence-electron chi connectivity index (χ2n) is 4.91. The predicted octanol–water partition coefficient (Wildman–Crippen LogP) is 4.37. The number of benzene rings is 2. The molecule has 0 aliphatic carbocycles. The Hall–Kier alpha value is -1.48. The normalized spacial score (nSPS) is 12.9. The van der Waals surface area contributed by atoms with Gasteiger partial charge in [0.05, 0.1) is 13.2 Å². The summed E-state index contributed by atoms with van der Waals surface area (Å²) in [6.07, 6.45) is 1.89. The minimum absolute atomic E-state index is 0.701. The fourth-order valence-corrected chi connectivity index (χ4v) is 3.12. The molecule has 1 aliphatic heterocycles. The molecule has 0 saturated heterocycles. The predicted molar refractivity (Wildman–Crippen MR) is 83.8 cm³/mol. The van der Waals surface area contributed by atoms with Crippen molar-refractivity contribution in [2.45, 2.75) is 19.8 Å². The van der Waals surface area contributed by atoms with E-state index in [-0.39, 0.29) is 0 Å². The van der Waals surface area contributed by atoms with E-state index >= 15 is 0 Å². The molecule has 0 aromatic heterocycles. The highest BCUT2D eigenvalue weighted by molar-refractivity contribution is 9.10. The van der Waals surface area contributed by atoms with Crippen molar-refractivity contribution in [3.05, 3.63) is 57.6 Å². The Bertz CT molecular complexity index is 605. The topological polar surface area (TPSA) is 18.5 Å². The van der Waals surface area contributed by atoms with E-state index < -0.39 is 0 Å². The monoisotopic (exact) mass is 332 g/mol. The van der Waals surface area contributed by atoms with E-state index in [1.165, 1.54) is 16.7 Å². The number of ether oxygens (including phenoxy) is 2. The van der Waals surface area contributed by atoms with Crippen LogP contribution >= 0.6 is 15.9 Å². The zero-order valence-corrected chi connectivity index (χ0v) is 13.1. The maximum atomic E-state index is 5.77. The fraction of sp³-hybridized carbons (Fsp3) is 0.294. The summed E-state index contributed by atoms with van der Waals surface area (Å²) < 4.78 is 12.4. The minimum atomic E-state index is 0.701. The first-order valence-corrected chi connectivity index (χ1v) is 7.71. The number of hydrogen-bond acceptors (Lipinski definition) is 2. The number of fused-ring (bicyclic) bond motifs is 1. The van der Waals surface area contributed by atoms with Crippen LogP contribution in [0.2, 0.25) is 0 Å². The van der Waals surface area contributed by atoms with Crippen molar-refractivity contribution in [2.24, 2.45) is 0 Å². The Morgan fingerprint density at radius 2 is 2.00 bits per heavy atom. The lowest BCUT2D eigenvalue weighted by atomic mass is 10.0. The van der Waals surface area contributed by atoms with Crippen LogP contribution in [-0.2, 0) is 12.8 Å². The first-order valence-electron chi connectivity index (χ1n) is 6.92. The van der Waals surface area contributed by atoms with Crippen LogP contribution < -0.4 is 9.47 Å². The van der Waals surface area contributed by atoms with Crippen LogP contribution in [0.25, 0.3) is 0 Å². The van der Waals surface area contributed by atoms with Gasteiger partial charge in [-0.1, -0.05) is 28.1 Å². The Kier molecular flexibility index (Phi) is 3.97. The van der Waals surface area contributed by atoms with Gasteiger partial charge in [-0.05, 0) is 47.9 Å². The van der Waals surface area contributed by atoms with E-state index in [9.17, 15) is 0 Å². The van der Waals surface area contributed by atoms with E-state index in [2.05, 4.69) is 40.2 Å². The molecule has 1 heterocycles. The molecule has 2 aromatic rings. The van der Waals surface area contributed by atoms with E-state index in [1.54, 1.807) is 0 Å². The molecule has 0 radical (unpaired) electrons. The smallest absolute Gasteiger partial charge is 0.126 e. The van der Waals surface area contributed by atoms with Crippen molar-refractivity contribution in [3.8, 4) is 11.5 Å². The highest BCUT2D eigenvalue weighted by atomic mass is 79.9. The van der Waals surface area contributed by atoms with Crippen molar-refractivity contribution < 1.29 is 9.47 Å². The van der Waals surface area contributed by atoms with Gasteiger partial charge in [-0.2, -0.15) is 0 Å². The number of rotatable bonds is 4. The molecule has 3 rings (SSSR count). The van der Waals surface area contributed by atoms with Gasteiger partial charge < -0.3 is 9.47 Å². The Morgan fingerprint density at radius 3 is 2.75 bits per heavy atom. The van der Waals surface area contributed by atoms with Crippen molar-refractivity contribution >= 4 is 15.9 Å². The van der Waals surface area contributed by atoms with Crippen molar-refractivity contribution in [3.63, 3.8) is 0 Å². The molecular weight excluding hydrogens is 316 g/mol. The van der Waals surface area contributed by atoms with Crippen molar-refractivity contribution in [2.75, 3.05) is 13.2 Å². The van der Waals surface area contributed by atoms with Gasteiger partial charge in [0.15, 0.2) is 0 Å². The summed E-state index contributed by atoms with van der Waals surface area (Å²) in [6, 6.07) is 12.6. The maximum absolute atomic E-state index is 5.77. The summed E-state index contributed by atoms with van der Waals surface area (Å²) in [7, 11) is 0. The summed E-state index contributed by atoms with van der Waals surface area (Å²) in [6.45, 7) is 3.49. The van der Waals surface area contributed by atoms with Gasteiger partial charge in [0.2, 0.25) is 0 Å². The average Bonchev–Trinajstić information content (AvgIpc) is 2.89. The van der Waals surface area contributed by atoms with Crippen LogP contribution in [0.3, 0.4) is 0 Å². The third-order valence-electron chi connectivity index (χ3n) is 3.45. The SMILES string of the molecule is CCOc1ccc(Cc2cc(Br)cc3c2OCC3)cc1. The maximum Gasteiger partial charge on any atom is 0.126 e. The van der Waals surface area contributed by atoms with E-state index in [1.807, 2.05) is 19.1 Å². The lowest BCUT2D eigenvalue weighted by Gasteiger charge is -2.10. The lowest BCUT2D eigenvalue weighted by molar-refractivity contribution is 0.340. The average molecular weight is 333 g/mol. The molecule has 0 N–H and O–H groups in total. The van der Waals surface area contributed by atoms with Gasteiger partial charge in [-0.15, -0.1) is 0 Å². The summed E-state index contributed by atoms with van der Waals surface area (Å²) in [5.41, 5.74) is 3.82. The Balaban J connectivity index is 1.84. The van der Waals surface area contributed by atoms with Crippen LogP contribution in [0.4, 0.5) is 0 Å². The van der Waals surface area contributed by atoms with Crippen LogP contribution in [0, 0.1) is 0 Å². The Labute approximate surface area is 127 Å². The molecule has 0 unspecified atom stereocenters. The summed E-state index contributed by atoms with van der Waals surface area (Å²) in [5, 5.41) is 0. The summed E-state index contributed by atoms with van der Waals surface area (Å²) in [5.74, 6) is 1.99. The molecule has 0 fully saturated rings. The van der Waals surface area contributed by atoms with Gasteiger partial charge in [-0.3, -0.25) is 0 Å². The van der Waals surface area contributed by atoms with Crippen LogP contribution in [0.1, 0.15) is 23.6 Å². The molecule has 3 heteroatoms. The third kappa shape index (κ3) is 2.83. The van der Waals surface area contributed by atoms with Gasteiger partial charge in [0.25, 0.3) is 0 Å². The number of hydrogen-bond donors (Lipinski definition) is 0. The largest absolute Gasteiger partial charge is 0.494 e. The molecule has 2 aromatic carbocycles. The molecule has 0 saturated carbocycles. The second kappa shape index (κ2) is 5.88. The molecule has 2 nitrogen and oxygen atoms in total. The molecule has 0 atom stereocenters. The van der Waals surface area contributed by atoms with Gasteiger partial charge >= 0.3 is 0 Å². The molecule has 20 heavy (non-hydrogen) atoms. The molecule has 0 spiro atoms. The summed E-state index contributed by atoms with van der Waals surface area (Å²) >= 11 is 3.59. The number of halogens is 1. The first-order chi connectivity index (χ1) is 9.76. The molecule has 104 valence electrons. The molecule has 1 aliphatic rings. The summed E-state index contributed by atoms with van der Waals surface area (Å²) in [4.78, 5) is 0. The van der Waals surface area contributed by atoms with E-state index in [0.717, 1.165) is 35.4 Å². The minimum Gasteiger partial charge on any atom is -0.494 e. The van der Waals surface area contributed by atoms with E-state index in [0.29, 0.717) is 6.61 Å². The zero-order chi connectivity index (χ0) is 13.9. The quantitative estimate of drug-likeness (QED) is 0.827. The van der Waals surface area contributed by atoms with Crippen LogP contribution in [-0.4, -0.2) is 13.2 Å². The third-order valence-corrected chi connectivity index (χ3v) is 3.91. The van der Waals surface area contributed by atoms with Gasteiger partial charge in [0.1, 0.15) is 11.5 Å². The zero-order valence-electron chi connectivity index (χ0n) is 11.5. The Morgan fingerprint density at radius 1 is 1.20 bits per heavy atom. The van der Waals surface area contributed by atoms with Crippen LogP contribution in [0.15, 0.2) is 40.9 Å². The van der Waals surface area contributed by atoms with Crippen molar-refractivity contribution in [1.29, 1.82) is 0 Å². The lowest BCUT2D eigenvalue weighted by Crippen LogP contribution is -1.95. The highest BCUT2D eigenvalue weighted by Crippen LogP contribution is 2.34. The first kappa shape index (κ1) is 13.5. The van der Waals surface area contributed by atoms with Crippen LogP contribution in [0.5, 0.6) is 11.5 Å². The van der Waals surface area contributed by atoms with E-state index in [4.69, 9.17) is 9.47 Å². The fourth-order valence-electron chi connectivity index (χ4n) is 2.57. The standard InChI is InChI=1S/C17H17BrO2/c1-2-19-16-5-3-12(4-6-16)9-14-11-15(18)10-13-7-8-20-17(13)14/h3-6,10-11H,2,7-9H2,1H3. The van der Waals surface area contributed by atoms with Gasteiger partial charge in [-0.25, -0.2) is 0 Å². The van der Waals surface area contributed by atoms with Gasteiger partial charge in [0, 0.05) is 17.3 Å². The van der Waals surface area contributed by atoms with Crippen molar-refractivity contribution in [1.82, 2.24) is 0 Å². The highest BCUT2D eigenvalue weighted by Gasteiger charge is 2.17. The molecule has 0 bridgehead atoms. The molecular formula is C17H17BrO2.